The summed E-state index contributed by atoms with van der Waals surface area (Å²) in [6.07, 6.45) is 1.70. The number of halogens is 3. The summed E-state index contributed by atoms with van der Waals surface area (Å²) < 4.78 is 45.1. The fourth-order valence-electron chi connectivity index (χ4n) is 2.35. The van der Waals surface area contributed by atoms with E-state index in [9.17, 15) is 18.0 Å². The molecule has 2 aromatic rings. The van der Waals surface area contributed by atoms with Gasteiger partial charge in [-0.1, -0.05) is 0 Å². The third kappa shape index (κ3) is 4.87. The third-order valence-electron chi connectivity index (χ3n) is 4.30. The summed E-state index contributed by atoms with van der Waals surface area (Å²) >= 11 is 0. The van der Waals surface area contributed by atoms with Crippen molar-refractivity contribution in [3.63, 3.8) is 0 Å². The van der Waals surface area contributed by atoms with E-state index in [1.165, 1.54) is 0 Å². The number of hydrogen-bond donors (Lipinski definition) is 0. The van der Waals surface area contributed by atoms with Gasteiger partial charge in [0.2, 0.25) is 0 Å². The van der Waals surface area contributed by atoms with Gasteiger partial charge in [-0.3, -0.25) is 0 Å². The molecule has 0 heterocycles. The predicted molar refractivity (Wildman–Crippen MR) is 97.8 cm³/mol. The second-order valence-electron chi connectivity index (χ2n) is 6.14. The molecule has 0 bridgehead atoms. The van der Waals surface area contributed by atoms with E-state index in [1.807, 2.05) is 25.8 Å². The minimum atomic E-state index is -1.33. The highest BCUT2D eigenvalue weighted by molar-refractivity contribution is 5.92. The summed E-state index contributed by atoms with van der Waals surface area (Å²) in [5.74, 6) is -4.21. The number of nitrogens with zero attached hydrogens (tertiary/aromatic N) is 2. The van der Waals surface area contributed by atoms with Crippen LogP contribution >= 0.6 is 0 Å². The van der Waals surface area contributed by atoms with Crippen LogP contribution in [0.1, 0.15) is 34.0 Å². The number of benzene rings is 2. The van der Waals surface area contributed by atoms with Crippen LogP contribution in [0.5, 0.6) is 0 Å². The van der Waals surface area contributed by atoms with Gasteiger partial charge in [-0.2, -0.15) is 0 Å². The zero-order valence-corrected chi connectivity index (χ0v) is 15.6. The number of carbonyl (C=O) groups excluding carboxylic acids is 1. The highest BCUT2D eigenvalue weighted by Gasteiger charge is 2.17. The number of hydrogen-bond acceptors (Lipinski definition) is 3. The lowest BCUT2D eigenvalue weighted by atomic mass is 10.0. The normalized spacial score (nSPS) is 11.1. The summed E-state index contributed by atoms with van der Waals surface area (Å²) in [6.45, 7) is 5.81. The molecule has 7 heteroatoms. The van der Waals surface area contributed by atoms with Gasteiger partial charge in [0.05, 0.1) is 17.6 Å². The lowest BCUT2D eigenvalue weighted by molar-refractivity contribution is 0.0466. The Balaban J connectivity index is 2.18. The fraction of sp³-hybridized carbons (Fsp3) is 0.300. The maximum atomic E-state index is 13.7. The van der Waals surface area contributed by atoms with Crippen LogP contribution in [0.3, 0.4) is 0 Å². The standard InChI is InChI=1S/C20H21F3N2O2/c1-5-25(4)11-24-18-7-6-16(12(2)13(18)3)20(26)27-10-14-8-15(21)9-17(22)19(14)23/h6-9,11H,5,10H2,1-4H3/b24-11+. The smallest absolute Gasteiger partial charge is 0.338 e. The van der Waals surface area contributed by atoms with Gasteiger partial charge in [0.1, 0.15) is 12.4 Å². The van der Waals surface area contributed by atoms with Crippen LogP contribution in [0.25, 0.3) is 0 Å². The van der Waals surface area contributed by atoms with Crippen molar-refractivity contribution in [2.24, 2.45) is 4.99 Å². The Kier molecular flexibility index (Phi) is 6.60. The van der Waals surface area contributed by atoms with Crippen molar-refractivity contribution < 1.29 is 22.7 Å². The summed E-state index contributed by atoms with van der Waals surface area (Å²) in [7, 11) is 1.89. The molecular weight excluding hydrogens is 357 g/mol. The van der Waals surface area contributed by atoms with E-state index in [4.69, 9.17) is 4.74 Å². The van der Waals surface area contributed by atoms with Crippen molar-refractivity contribution in [2.45, 2.75) is 27.4 Å². The maximum Gasteiger partial charge on any atom is 0.338 e. The average molecular weight is 378 g/mol. The molecule has 27 heavy (non-hydrogen) atoms. The van der Waals surface area contributed by atoms with Crippen molar-refractivity contribution in [3.05, 3.63) is 64.0 Å². The van der Waals surface area contributed by atoms with Gasteiger partial charge < -0.3 is 9.64 Å². The van der Waals surface area contributed by atoms with Crippen molar-refractivity contribution in [3.8, 4) is 0 Å². The first-order chi connectivity index (χ1) is 12.7. The summed E-state index contributed by atoms with van der Waals surface area (Å²) in [6, 6.07) is 4.47. The van der Waals surface area contributed by atoms with Gasteiger partial charge in [0.15, 0.2) is 11.6 Å². The van der Waals surface area contributed by atoms with Crippen molar-refractivity contribution >= 4 is 18.0 Å². The molecule has 0 unspecified atom stereocenters. The van der Waals surface area contributed by atoms with Crippen LogP contribution in [-0.2, 0) is 11.3 Å². The molecular formula is C20H21F3N2O2. The molecule has 0 N–H and O–H groups in total. The molecule has 0 saturated carbocycles. The van der Waals surface area contributed by atoms with E-state index in [1.54, 1.807) is 25.4 Å². The lowest BCUT2D eigenvalue weighted by Crippen LogP contribution is -2.14. The highest BCUT2D eigenvalue weighted by Crippen LogP contribution is 2.25. The summed E-state index contributed by atoms with van der Waals surface area (Å²) in [4.78, 5) is 18.6. The zero-order chi connectivity index (χ0) is 20.1. The monoisotopic (exact) mass is 378 g/mol. The molecule has 0 saturated heterocycles. The predicted octanol–water partition coefficient (Wildman–Crippen LogP) is 4.69. The first kappa shape index (κ1) is 20.5. The number of carbonyl (C=O) groups is 1. The summed E-state index contributed by atoms with van der Waals surface area (Å²) in [5, 5.41) is 0. The lowest BCUT2D eigenvalue weighted by Gasteiger charge is -2.13. The quantitative estimate of drug-likeness (QED) is 0.317. The highest BCUT2D eigenvalue weighted by atomic mass is 19.2. The molecule has 0 amide bonds. The van der Waals surface area contributed by atoms with Crippen molar-refractivity contribution in [1.29, 1.82) is 0 Å². The number of rotatable bonds is 6. The molecule has 0 radical (unpaired) electrons. The van der Waals surface area contributed by atoms with Gasteiger partial charge in [-0.15, -0.1) is 0 Å². The van der Waals surface area contributed by atoms with Crippen LogP contribution in [0.15, 0.2) is 29.3 Å². The van der Waals surface area contributed by atoms with E-state index in [2.05, 4.69) is 4.99 Å². The molecule has 144 valence electrons. The Hall–Kier alpha value is -2.83. The molecule has 0 fully saturated rings. The van der Waals surface area contributed by atoms with E-state index in [-0.39, 0.29) is 11.1 Å². The fourth-order valence-corrected chi connectivity index (χ4v) is 2.35. The maximum absolute atomic E-state index is 13.7. The van der Waals surface area contributed by atoms with Crippen LogP contribution in [-0.4, -0.2) is 30.8 Å². The largest absolute Gasteiger partial charge is 0.457 e. The van der Waals surface area contributed by atoms with Crippen molar-refractivity contribution in [1.82, 2.24) is 4.90 Å². The summed E-state index contributed by atoms with van der Waals surface area (Å²) in [5.41, 5.74) is 2.10. The number of ether oxygens (including phenoxy) is 1. The minimum Gasteiger partial charge on any atom is -0.457 e. The Bertz CT molecular complexity index is 882. The van der Waals surface area contributed by atoms with Crippen LogP contribution in [0, 0.1) is 31.3 Å². The Labute approximate surface area is 156 Å². The molecule has 0 aliphatic rings. The van der Waals surface area contributed by atoms with Gasteiger partial charge in [-0.05, 0) is 50.1 Å². The SMILES string of the molecule is CCN(C)/C=N/c1ccc(C(=O)OCc2cc(F)cc(F)c2F)c(C)c1C. The molecule has 4 nitrogen and oxygen atoms in total. The van der Waals surface area contributed by atoms with Crippen LogP contribution in [0.2, 0.25) is 0 Å². The Morgan fingerprint density at radius 1 is 1.19 bits per heavy atom. The van der Waals surface area contributed by atoms with Gasteiger partial charge in [0, 0.05) is 25.2 Å². The second-order valence-corrected chi connectivity index (χ2v) is 6.14. The Morgan fingerprint density at radius 2 is 1.89 bits per heavy atom. The minimum absolute atomic E-state index is 0.285. The molecule has 2 aromatic carbocycles. The van der Waals surface area contributed by atoms with E-state index >= 15 is 0 Å². The zero-order valence-electron chi connectivity index (χ0n) is 15.6. The number of aliphatic imine (C=N–C) groups is 1. The van der Waals surface area contributed by atoms with Crippen molar-refractivity contribution in [2.75, 3.05) is 13.6 Å². The van der Waals surface area contributed by atoms with Crippen LogP contribution < -0.4 is 0 Å². The first-order valence-electron chi connectivity index (χ1n) is 8.39. The molecule has 0 spiro atoms. The molecule has 2 rings (SSSR count). The molecule has 0 aromatic heterocycles. The van der Waals surface area contributed by atoms with Gasteiger partial charge in [0.25, 0.3) is 0 Å². The van der Waals surface area contributed by atoms with Gasteiger partial charge in [-0.25, -0.2) is 23.0 Å². The van der Waals surface area contributed by atoms with E-state index in [0.717, 1.165) is 18.2 Å². The van der Waals surface area contributed by atoms with Crippen LogP contribution in [0.4, 0.5) is 18.9 Å². The number of esters is 1. The third-order valence-corrected chi connectivity index (χ3v) is 4.30. The molecule has 0 aliphatic carbocycles. The average Bonchev–Trinajstić information content (AvgIpc) is 2.64. The van der Waals surface area contributed by atoms with E-state index < -0.39 is 30.0 Å². The topological polar surface area (TPSA) is 41.9 Å². The molecule has 0 atom stereocenters. The van der Waals surface area contributed by atoms with E-state index in [0.29, 0.717) is 17.3 Å². The molecule has 0 aliphatic heterocycles. The Morgan fingerprint density at radius 3 is 2.56 bits per heavy atom. The second kappa shape index (κ2) is 8.70. The first-order valence-corrected chi connectivity index (χ1v) is 8.39. The van der Waals surface area contributed by atoms with Gasteiger partial charge >= 0.3 is 5.97 Å².